The molecule has 2 aromatic heterocycles. The van der Waals surface area contributed by atoms with Crippen LogP contribution in [0.4, 0.5) is 28.9 Å². The van der Waals surface area contributed by atoms with E-state index in [1.165, 1.54) is 30.7 Å². The number of anilines is 2. The van der Waals surface area contributed by atoms with Gasteiger partial charge in [-0.1, -0.05) is 0 Å². The van der Waals surface area contributed by atoms with Gasteiger partial charge in [-0.15, -0.1) is 0 Å². The molecule has 4 rings (SSSR count). The summed E-state index contributed by atoms with van der Waals surface area (Å²) in [5.74, 6) is -0.406. The third kappa shape index (κ3) is 2.61. The first-order valence-electron chi connectivity index (χ1n) is 8.17. The van der Waals surface area contributed by atoms with Crippen molar-refractivity contribution in [1.82, 2.24) is 15.0 Å². The molecule has 0 bridgehead atoms. The molecule has 5 nitrogen and oxygen atoms in total. The van der Waals surface area contributed by atoms with Crippen LogP contribution in [-0.4, -0.2) is 21.1 Å². The molecule has 0 spiro atoms. The number of nitrogens with one attached hydrogen (secondary N) is 3. The van der Waals surface area contributed by atoms with Crippen molar-refractivity contribution < 1.29 is 17.6 Å². The smallest absolute Gasteiger partial charge is 0.351 e. The Morgan fingerprint density at radius 3 is 2.59 bits per heavy atom. The lowest BCUT2D eigenvalue weighted by Gasteiger charge is -2.42. The van der Waals surface area contributed by atoms with Crippen molar-refractivity contribution in [3.63, 3.8) is 0 Å². The first-order valence-corrected chi connectivity index (χ1v) is 8.17. The fraction of sp³-hybridized carbons (Fsp3) is 0.222. The second-order valence-corrected chi connectivity index (χ2v) is 6.35. The number of nitrogens with zero attached hydrogens (tertiary/aromatic N) is 1. The summed E-state index contributed by atoms with van der Waals surface area (Å²) >= 11 is 0. The van der Waals surface area contributed by atoms with Crippen LogP contribution >= 0.6 is 0 Å². The van der Waals surface area contributed by atoms with Crippen LogP contribution in [0.5, 0.6) is 0 Å². The van der Waals surface area contributed by atoms with Gasteiger partial charge >= 0.3 is 6.18 Å². The highest BCUT2D eigenvalue weighted by Crippen LogP contribution is 2.55. The number of aromatic amines is 2. The van der Waals surface area contributed by atoms with E-state index in [0.29, 0.717) is 5.82 Å². The molecule has 0 amide bonds. The Bertz CT molecular complexity index is 1040. The molecule has 9 heteroatoms. The summed E-state index contributed by atoms with van der Waals surface area (Å²) in [6.07, 6.45) is -1.10. The maximum absolute atomic E-state index is 14.6. The summed E-state index contributed by atoms with van der Waals surface area (Å²) < 4.78 is 57.6. The Morgan fingerprint density at radius 1 is 1.07 bits per heavy atom. The quantitative estimate of drug-likeness (QED) is 0.608. The molecule has 27 heavy (non-hydrogen) atoms. The summed E-state index contributed by atoms with van der Waals surface area (Å²) in [7, 11) is 0. The molecule has 0 radical (unpaired) electrons. The first-order chi connectivity index (χ1) is 12.8. The summed E-state index contributed by atoms with van der Waals surface area (Å²) in [6.45, 7) is 0. The molecule has 1 unspecified atom stereocenters. The number of fused-ring (bicyclic) bond motifs is 2. The predicted octanol–water partition coefficient (Wildman–Crippen LogP) is 3.78. The predicted molar refractivity (Wildman–Crippen MR) is 90.5 cm³/mol. The van der Waals surface area contributed by atoms with Crippen LogP contribution < -0.4 is 10.9 Å². The number of benzene rings is 1. The van der Waals surface area contributed by atoms with Gasteiger partial charge in [-0.2, -0.15) is 13.2 Å². The van der Waals surface area contributed by atoms with E-state index < -0.39 is 29.4 Å². The van der Waals surface area contributed by atoms with Crippen LogP contribution in [0.25, 0.3) is 0 Å². The minimum absolute atomic E-state index is 0.0330. The van der Waals surface area contributed by atoms with Crippen molar-refractivity contribution >= 4 is 11.4 Å². The molecule has 0 aliphatic carbocycles. The molecular formula is C18H14F4N4O. The van der Waals surface area contributed by atoms with Crippen LogP contribution in [0.3, 0.4) is 0 Å². The molecule has 1 aromatic carbocycles. The Kier molecular flexibility index (Phi) is 3.83. The molecule has 3 aromatic rings. The van der Waals surface area contributed by atoms with Crippen molar-refractivity contribution in [1.29, 1.82) is 0 Å². The third-order valence-electron chi connectivity index (χ3n) is 4.90. The highest BCUT2D eigenvalue weighted by Gasteiger charge is 2.60. The molecule has 3 N–H and O–H groups in total. The summed E-state index contributed by atoms with van der Waals surface area (Å²) in [6, 6.07) is 4.37. The lowest BCUT2D eigenvalue weighted by Crippen LogP contribution is -2.47. The molecule has 1 atom stereocenters. The van der Waals surface area contributed by atoms with E-state index in [1.807, 2.05) is 0 Å². The summed E-state index contributed by atoms with van der Waals surface area (Å²) in [5, 5.41) is 2.72. The largest absolute Gasteiger partial charge is 0.402 e. The van der Waals surface area contributed by atoms with E-state index in [9.17, 15) is 22.4 Å². The number of hydrogen-bond donors (Lipinski definition) is 3. The maximum atomic E-state index is 14.6. The van der Waals surface area contributed by atoms with Crippen molar-refractivity contribution in [3.8, 4) is 0 Å². The zero-order chi connectivity index (χ0) is 19.2. The summed E-state index contributed by atoms with van der Waals surface area (Å²) in [4.78, 5) is 21.4. The third-order valence-corrected chi connectivity index (χ3v) is 4.90. The van der Waals surface area contributed by atoms with Crippen molar-refractivity contribution in [3.05, 3.63) is 76.0 Å². The first kappa shape index (κ1) is 17.3. The van der Waals surface area contributed by atoms with E-state index in [1.54, 1.807) is 0 Å². The number of halogens is 4. The van der Waals surface area contributed by atoms with E-state index in [4.69, 9.17) is 0 Å². The molecule has 140 valence electrons. The van der Waals surface area contributed by atoms with Crippen LogP contribution in [0.2, 0.25) is 0 Å². The lowest BCUT2D eigenvalue weighted by atomic mass is 9.68. The number of H-pyrrole nitrogens is 2. The van der Waals surface area contributed by atoms with Gasteiger partial charge in [0.2, 0.25) is 0 Å². The minimum Gasteiger partial charge on any atom is -0.351 e. The Labute approximate surface area is 150 Å². The Hall–Kier alpha value is -3.10. The molecule has 1 aliphatic rings. The van der Waals surface area contributed by atoms with Gasteiger partial charge in [-0.25, -0.2) is 9.37 Å². The number of aryl methyl sites for hydroxylation is 1. The van der Waals surface area contributed by atoms with E-state index >= 15 is 0 Å². The van der Waals surface area contributed by atoms with Gasteiger partial charge in [0, 0.05) is 36.3 Å². The molecule has 1 aliphatic heterocycles. The average molecular weight is 378 g/mol. The van der Waals surface area contributed by atoms with Crippen molar-refractivity contribution in [2.24, 2.45) is 0 Å². The SMILES string of the molecule is O=c1[nH]ccc2c1Nc1ccc(F)cc1C2(CCc1ncc[nH]1)C(F)(F)F. The van der Waals surface area contributed by atoms with Gasteiger partial charge in [-0.3, -0.25) is 4.79 Å². The van der Waals surface area contributed by atoms with Crippen LogP contribution in [0.15, 0.2) is 47.7 Å². The monoisotopic (exact) mass is 378 g/mol. The number of pyridine rings is 1. The van der Waals surface area contributed by atoms with Crippen LogP contribution in [0, 0.1) is 5.82 Å². The van der Waals surface area contributed by atoms with Gasteiger partial charge in [0.1, 0.15) is 22.7 Å². The molecule has 3 heterocycles. The zero-order valence-corrected chi connectivity index (χ0v) is 13.8. The van der Waals surface area contributed by atoms with Crippen molar-refractivity contribution in [2.75, 3.05) is 5.32 Å². The Morgan fingerprint density at radius 2 is 1.89 bits per heavy atom. The van der Waals surface area contributed by atoms with Gasteiger partial charge in [0.05, 0.1) is 0 Å². The molecule has 0 fully saturated rings. The zero-order valence-electron chi connectivity index (χ0n) is 13.8. The Balaban J connectivity index is 1.99. The minimum atomic E-state index is -4.77. The molecular weight excluding hydrogens is 364 g/mol. The van der Waals surface area contributed by atoms with Gasteiger partial charge in [0.25, 0.3) is 5.56 Å². The number of rotatable bonds is 3. The van der Waals surface area contributed by atoms with Crippen LogP contribution in [-0.2, 0) is 11.8 Å². The summed E-state index contributed by atoms with van der Waals surface area (Å²) in [5.41, 5.74) is -3.84. The molecule has 0 saturated heterocycles. The average Bonchev–Trinajstić information content (AvgIpc) is 3.12. The normalized spacial score (nSPS) is 18.5. The van der Waals surface area contributed by atoms with E-state index in [2.05, 4.69) is 20.3 Å². The number of imidazole rings is 1. The van der Waals surface area contributed by atoms with Crippen LogP contribution in [0.1, 0.15) is 23.4 Å². The standard InChI is InChI=1S/C18H14F4N4O/c19-10-1-2-13-12(9-10)17(18(20,21)22,5-3-14-23-7-8-24-14)11-4-6-25-16(27)15(11)26-13/h1-2,4,6-9,26H,3,5H2,(H,23,24)(H,25,27). The van der Waals surface area contributed by atoms with E-state index in [-0.39, 0.29) is 28.9 Å². The van der Waals surface area contributed by atoms with Gasteiger partial charge in [-0.05, 0) is 36.2 Å². The number of alkyl halides is 3. The maximum Gasteiger partial charge on any atom is 0.402 e. The second kappa shape index (κ2) is 5.97. The second-order valence-electron chi connectivity index (χ2n) is 6.35. The highest BCUT2D eigenvalue weighted by molar-refractivity contribution is 5.75. The fourth-order valence-corrected chi connectivity index (χ4v) is 3.67. The number of hydrogen-bond acceptors (Lipinski definition) is 3. The van der Waals surface area contributed by atoms with Gasteiger partial charge in [0.15, 0.2) is 0 Å². The highest BCUT2D eigenvalue weighted by atomic mass is 19.4. The van der Waals surface area contributed by atoms with E-state index in [0.717, 1.165) is 12.1 Å². The van der Waals surface area contributed by atoms with Gasteiger partial charge < -0.3 is 15.3 Å². The number of aromatic nitrogens is 3. The van der Waals surface area contributed by atoms with Crippen molar-refractivity contribution in [2.45, 2.75) is 24.4 Å². The lowest BCUT2D eigenvalue weighted by molar-refractivity contribution is -0.180. The topological polar surface area (TPSA) is 73.6 Å². The fourth-order valence-electron chi connectivity index (χ4n) is 3.67. The molecule has 0 saturated carbocycles.